The lowest BCUT2D eigenvalue weighted by Crippen LogP contribution is -2.24. The Bertz CT molecular complexity index is 1380. The van der Waals surface area contributed by atoms with Gasteiger partial charge in [-0.2, -0.15) is 0 Å². The molecule has 2 aliphatic rings. The minimum Gasteiger partial charge on any atom is -0.493 e. The fraction of sp³-hybridized carbons (Fsp3) is 0.345. The number of hydrogen-bond donors (Lipinski definition) is 4. The van der Waals surface area contributed by atoms with E-state index < -0.39 is 12.0 Å². The fourth-order valence-corrected chi connectivity index (χ4v) is 4.98. The Morgan fingerprint density at radius 3 is 2.90 bits per heavy atom. The molecule has 39 heavy (non-hydrogen) atoms. The highest BCUT2D eigenvalue weighted by atomic mass is 16.5. The van der Waals surface area contributed by atoms with Gasteiger partial charge >= 0.3 is 5.97 Å². The van der Waals surface area contributed by atoms with Crippen LogP contribution in [0.25, 0.3) is 0 Å². The maximum atomic E-state index is 12.2. The van der Waals surface area contributed by atoms with E-state index in [9.17, 15) is 14.7 Å². The van der Waals surface area contributed by atoms with E-state index in [4.69, 9.17) is 15.1 Å². The third-order valence-electron chi connectivity index (χ3n) is 7.00. The second-order valence-electron chi connectivity index (χ2n) is 9.75. The number of carbonyl (C=O) groups is 2. The summed E-state index contributed by atoms with van der Waals surface area (Å²) in [5.74, 6) is 0.639. The molecule has 1 saturated heterocycles. The SMILES string of the molecule is N=Cc1cc(OCCc2ccc3c(n2)NCCC3)ccc1NC(CC(=O)O)c1cncc(N2CCCC2=O)c1. The van der Waals surface area contributed by atoms with E-state index in [0.717, 1.165) is 37.3 Å². The van der Waals surface area contributed by atoms with Gasteiger partial charge in [0.25, 0.3) is 0 Å². The van der Waals surface area contributed by atoms with E-state index in [0.29, 0.717) is 54.2 Å². The van der Waals surface area contributed by atoms with Crippen molar-refractivity contribution in [3.05, 3.63) is 71.2 Å². The summed E-state index contributed by atoms with van der Waals surface area (Å²) in [4.78, 5) is 34.5. The molecular formula is C29H32N6O4. The quantitative estimate of drug-likeness (QED) is 0.271. The second kappa shape index (κ2) is 11.9. The monoisotopic (exact) mass is 528 g/mol. The number of ether oxygens (including phenoxy) is 1. The number of fused-ring (bicyclic) bond motifs is 1. The number of amides is 1. The Morgan fingerprint density at radius 2 is 2.10 bits per heavy atom. The van der Waals surface area contributed by atoms with Crippen LogP contribution >= 0.6 is 0 Å². The first-order valence-electron chi connectivity index (χ1n) is 13.2. The Morgan fingerprint density at radius 1 is 1.21 bits per heavy atom. The van der Waals surface area contributed by atoms with E-state index in [-0.39, 0.29) is 12.3 Å². The van der Waals surface area contributed by atoms with E-state index in [2.05, 4.69) is 21.7 Å². The maximum Gasteiger partial charge on any atom is 0.305 e. The van der Waals surface area contributed by atoms with Crippen molar-refractivity contribution in [2.75, 3.05) is 35.2 Å². The van der Waals surface area contributed by atoms with Gasteiger partial charge in [-0.1, -0.05) is 6.07 Å². The molecule has 0 aliphatic carbocycles. The summed E-state index contributed by atoms with van der Waals surface area (Å²) in [6.45, 7) is 2.01. The maximum absolute atomic E-state index is 12.2. The molecule has 0 spiro atoms. The molecule has 10 nitrogen and oxygen atoms in total. The van der Waals surface area contributed by atoms with Gasteiger partial charge in [-0.25, -0.2) is 4.98 Å². The molecule has 1 aromatic carbocycles. The summed E-state index contributed by atoms with van der Waals surface area (Å²) in [6, 6.07) is 10.7. The van der Waals surface area contributed by atoms with Crippen molar-refractivity contribution >= 4 is 35.3 Å². The Hall–Kier alpha value is -4.47. The highest BCUT2D eigenvalue weighted by molar-refractivity contribution is 5.95. The number of pyridine rings is 2. The van der Waals surface area contributed by atoms with Crippen molar-refractivity contribution in [1.82, 2.24) is 9.97 Å². The zero-order chi connectivity index (χ0) is 27.2. The molecule has 4 heterocycles. The van der Waals surface area contributed by atoms with E-state index in [1.165, 1.54) is 11.8 Å². The lowest BCUT2D eigenvalue weighted by Gasteiger charge is -2.22. The van der Waals surface area contributed by atoms with Crippen LogP contribution in [0.4, 0.5) is 17.2 Å². The third-order valence-corrected chi connectivity index (χ3v) is 7.00. The second-order valence-corrected chi connectivity index (χ2v) is 9.75. The first-order valence-corrected chi connectivity index (χ1v) is 13.2. The number of carboxylic acid groups (broad SMARTS) is 1. The highest BCUT2D eigenvalue weighted by Crippen LogP contribution is 2.30. The van der Waals surface area contributed by atoms with Crippen molar-refractivity contribution in [2.45, 2.75) is 44.6 Å². The van der Waals surface area contributed by atoms with E-state index in [1.54, 1.807) is 35.5 Å². The first kappa shape index (κ1) is 26.1. The number of nitrogens with one attached hydrogen (secondary N) is 3. The van der Waals surface area contributed by atoms with Gasteiger partial charge in [0.2, 0.25) is 5.91 Å². The zero-order valence-corrected chi connectivity index (χ0v) is 21.7. The molecule has 0 radical (unpaired) electrons. The summed E-state index contributed by atoms with van der Waals surface area (Å²) < 4.78 is 5.96. The average Bonchev–Trinajstić information content (AvgIpc) is 3.39. The number of nitrogens with zero attached hydrogens (tertiary/aromatic N) is 3. The molecule has 5 rings (SSSR count). The minimum atomic E-state index is -0.975. The molecule has 4 N–H and O–H groups in total. The highest BCUT2D eigenvalue weighted by Gasteiger charge is 2.24. The predicted octanol–water partition coefficient (Wildman–Crippen LogP) is 4.21. The lowest BCUT2D eigenvalue weighted by atomic mass is 10.0. The van der Waals surface area contributed by atoms with Crippen molar-refractivity contribution in [1.29, 1.82) is 5.41 Å². The van der Waals surface area contributed by atoms with E-state index in [1.807, 2.05) is 12.1 Å². The van der Waals surface area contributed by atoms with Crippen LogP contribution in [-0.2, 0) is 22.4 Å². The van der Waals surface area contributed by atoms with Gasteiger partial charge in [-0.3, -0.25) is 14.6 Å². The molecule has 0 bridgehead atoms. The number of carbonyl (C=O) groups excluding carboxylic acids is 1. The summed E-state index contributed by atoms with van der Waals surface area (Å²) in [5.41, 5.74) is 4.69. The first-order chi connectivity index (χ1) is 19.0. The molecule has 1 amide bonds. The van der Waals surface area contributed by atoms with Crippen LogP contribution < -0.4 is 20.3 Å². The largest absolute Gasteiger partial charge is 0.493 e. The lowest BCUT2D eigenvalue weighted by molar-refractivity contribution is -0.137. The van der Waals surface area contributed by atoms with Gasteiger partial charge in [-0.05, 0) is 60.7 Å². The minimum absolute atomic E-state index is 0.0393. The topological polar surface area (TPSA) is 141 Å². The van der Waals surface area contributed by atoms with E-state index >= 15 is 0 Å². The van der Waals surface area contributed by atoms with Crippen LogP contribution in [0.3, 0.4) is 0 Å². The van der Waals surface area contributed by atoms with Crippen LogP contribution in [0.5, 0.6) is 5.75 Å². The molecule has 2 aromatic heterocycles. The Balaban J connectivity index is 1.27. The summed E-state index contributed by atoms with van der Waals surface area (Å²) in [5, 5.41) is 24.1. The summed E-state index contributed by atoms with van der Waals surface area (Å²) >= 11 is 0. The molecule has 2 aliphatic heterocycles. The molecule has 202 valence electrons. The fourth-order valence-electron chi connectivity index (χ4n) is 4.98. The van der Waals surface area contributed by atoms with Crippen LogP contribution in [0.15, 0.2) is 48.8 Å². The smallest absolute Gasteiger partial charge is 0.305 e. The number of benzene rings is 1. The van der Waals surface area contributed by atoms with Crippen molar-refractivity contribution in [3.8, 4) is 5.75 Å². The number of anilines is 3. The predicted molar refractivity (Wildman–Crippen MR) is 149 cm³/mol. The molecule has 1 fully saturated rings. The van der Waals surface area contributed by atoms with Crippen LogP contribution in [0, 0.1) is 5.41 Å². The molecular weight excluding hydrogens is 496 g/mol. The molecule has 3 aromatic rings. The van der Waals surface area contributed by atoms with Crippen LogP contribution in [0.2, 0.25) is 0 Å². The van der Waals surface area contributed by atoms with Gasteiger partial charge in [0, 0.05) is 55.3 Å². The summed E-state index contributed by atoms with van der Waals surface area (Å²) in [7, 11) is 0. The number of carboxylic acids is 1. The van der Waals surface area contributed by atoms with Crippen LogP contribution in [-0.4, -0.2) is 52.9 Å². The normalized spacial score (nSPS) is 15.3. The number of hydrogen-bond acceptors (Lipinski definition) is 8. The van der Waals surface area contributed by atoms with Gasteiger partial charge in [0.15, 0.2) is 0 Å². The van der Waals surface area contributed by atoms with Gasteiger partial charge in [0.05, 0.1) is 31.0 Å². The van der Waals surface area contributed by atoms with Crippen molar-refractivity contribution < 1.29 is 19.4 Å². The third kappa shape index (κ3) is 6.34. The Kier molecular flexibility index (Phi) is 8.00. The Labute approximate surface area is 226 Å². The number of rotatable bonds is 11. The zero-order valence-electron chi connectivity index (χ0n) is 21.7. The molecule has 1 unspecified atom stereocenters. The molecule has 10 heteroatoms. The van der Waals surface area contributed by atoms with Gasteiger partial charge in [0.1, 0.15) is 11.6 Å². The van der Waals surface area contributed by atoms with Gasteiger partial charge < -0.3 is 30.8 Å². The number of aromatic nitrogens is 2. The number of aliphatic carboxylic acids is 1. The number of aryl methyl sites for hydroxylation is 1. The summed E-state index contributed by atoms with van der Waals surface area (Å²) in [6.07, 6.45) is 8.35. The molecule has 1 atom stereocenters. The molecule has 0 saturated carbocycles. The van der Waals surface area contributed by atoms with Crippen LogP contribution in [0.1, 0.15) is 54.1 Å². The van der Waals surface area contributed by atoms with Crippen molar-refractivity contribution in [3.63, 3.8) is 0 Å². The standard InChI is InChI=1S/C29H32N6O4/c30-16-20-14-24(39-12-9-22-6-5-19-3-1-10-32-29(19)33-22)7-8-25(20)34-26(15-28(37)38)21-13-23(18-31-17-21)35-11-2-4-27(35)36/h5-8,13-14,16-18,26,30,34H,1-4,9-12,15H2,(H,32,33)(H,37,38). The van der Waals surface area contributed by atoms with Crippen molar-refractivity contribution in [2.24, 2.45) is 0 Å². The van der Waals surface area contributed by atoms with Gasteiger partial charge in [-0.15, -0.1) is 0 Å². The average molecular weight is 529 g/mol.